The van der Waals surface area contributed by atoms with E-state index in [-0.39, 0.29) is 36.9 Å². The van der Waals surface area contributed by atoms with Crippen LogP contribution in [-0.4, -0.2) is 71.6 Å². The second-order valence-electron chi connectivity index (χ2n) is 11.5. The van der Waals surface area contributed by atoms with Gasteiger partial charge in [-0.25, -0.2) is 4.79 Å². The number of epoxide rings is 1. The molecule has 38 heavy (non-hydrogen) atoms. The lowest BCUT2D eigenvalue weighted by Gasteiger charge is -2.28. The first-order chi connectivity index (χ1) is 18.2. The number of hydrogen-bond donors (Lipinski definition) is 2. The number of carbonyl (C=O) groups excluding carboxylic acids is 1. The van der Waals surface area contributed by atoms with Crippen LogP contribution in [0.15, 0.2) is 59.8 Å². The highest BCUT2D eigenvalue weighted by Crippen LogP contribution is 2.35. The van der Waals surface area contributed by atoms with Crippen LogP contribution >= 0.6 is 0 Å². The molecular weight excluding hydrogens is 484 g/mol. The third-order valence-electron chi connectivity index (χ3n) is 7.93. The highest BCUT2D eigenvalue weighted by Gasteiger charge is 2.46. The maximum absolute atomic E-state index is 12.7. The monoisotopic (exact) mass is 528 g/mol. The molecule has 4 aliphatic heterocycles. The predicted octanol–water partition coefficient (Wildman–Crippen LogP) is 4.50. The molecule has 7 heteroatoms. The van der Waals surface area contributed by atoms with Gasteiger partial charge in [-0.05, 0) is 63.9 Å². The number of cyclic esters (lactones) is 1. The third-order valence-corrected chi connectivity index (χ3v) is 7.93. The molecule has 0 spiro atoms. The van der Waals surface area contributed by atoms with Gasteiger partial charge in [-0.2, -0.15) is 0 Å². The van der Waals surface area contributed by atoms with E-state index < -0.39 is 24.3 Å². The van der Waals surface area contributed by atoms with Crippen molar-refractivity contribution in [2.45, 2.75) is 115 Å². The molecule has 0 aromatic heterocycles. The van der Waals surface area contributed by atoms with Crippen LogP contribution in [0.2, 0.25) is 0 Å². The van der Waals surface area contributed by atoms with Gasteiger partial charge in [0, 0.05) is 12.5 Å². The van der Waals surface area contributed by atoms with Crippen LogP contribution in [0, 0.1) is 5.92 Å². The number of aliphatic hydroxyl groups is 2. The van der Waals surface area contributed by atoms with E-state index in [9.17, 15) is 15.0 Å². The Bertz CT molecular complexity index is 963. The van der Waals surface area contributed by atoms with Crippen molar-refractivity contribution in [3.05, 3.63) is 59.8 Å². The van der Waals surface area contributed by atoms with Crippen LogP contribution < -0.4 is 0 Å². The van der Waals surface area contributed by atoms with Crippen molar-refractivity contribution >= 4 is 5.97 Å². The van der Waals surface area contributed by atoms with Crippen molar-refractivity contribution < 1.29 is 34.0 Å². The van der Waals surface area contributed by atoms with Gasteiger partial charge in [-0.3, -0.25) is 0 Å². The second-order valence-corrected chi connectivity index (χ2v) is 11.5. The molecule has 0 aromatic rings. The van der Waals surface area contributed by atoms with E-state index in [0.29, 0.717) is 25.4 Å². The zero-order valence-electron chi connectivity index (χ0n) is 23.0. The molecule has 4 heterocycles. The molecule has 0 aromatic carbocycles. The lowest BCUT2D eigenvalue weighted by Crippen LogP contribution is -2.32. The van der Waals surface area contributed by atoms with E-state index in [0.717, 1.165) is 31.3 Å². The number of ether oxygens (including phenoxy) is 4. The molecular formula is C31H44O7. The SMILES string of the molecule is C=C1CC(C)CC2CC=CC(C/C=C\C(=O)OC(C(O)/C=C/C3CC(C)=C(C)CO3)C[C@@H]3OC3[C@@H](O)C1)O2. The minimum atomic E-state index is -1.03. The molecule has 9 atom stereocenters. The number of rotatable bonds is 3. The highest BCUT2D eigenvalue weighted by atomic mass is 16.6. The van der Waals surface area contributed by atoms with Crippen molar-refractivity contribution in [1.82, 2.24) is 0 Å². The van der Waals surface area contributed by atoms with Gasteiger partial charge in [0.2, 0.25) is 0 Å². The van der Waals surface area contributed by atoms with Crippen molar-refractivity contribution in [3.8, 4) is 0 Å². The molecule has 2 N–H and O–H groups in total. The highest BCUT2D eigenvalue weighted by molar-refractivity contribution is 5.82. The van der Waals surface area contributed by atoms with Crippen molar-refractivity contribution in [2.24, 2.45) is 5.92 Å². The van der Waals surface area contributed by atoms with Gasteiger partial charge < -0.3 is 29.2 Å². The smallest absolute Gasteiger partial charge is 0.330 e. The summed E-state index contributed by atoms with van der Waals surface area (Å²) >= 11 is 0. The molecule has 4 rings (SSSR count). The standard InChI is InChI=1S/C31H44O7/c1-19-13-20(2)15-27(33)31-29(38-31)17-28(26(32)12-11-24-16-21(3)22(4)18-35-24)37-30(34)10-6-8-23-7-5-9-25(14-19)36-23/h5-7,10-12,19,23-29,31-33H,2,8-9,13-18H2,1,3-4H3/b10-6-,12-11+/t19?,23?,24?,25?,26?,27-,28?,29-,31?/m0/s1. The largest absolute Gasteiger partial charge is 0.456 e. The summed E-state index contributed by atoms with van der Waals surface area (Å²) in [6, 6.07) is 0. The Morgan fingerprint density at radius 1 is 1.08 bits per heavy atom. The number of fused-ring (bicyclic) bond motifs is 3. The fourth-order valence-corrected chi connectivity index (χ4v) is 5.57. The molecule has 2 bridgehead atoms. The van der Waals surface area contributed by atoms with Crippen LogP contribution in [0.3, 0.4) is 0 Å². The number of aliphatic hydroxyl groups excluding tert-OH is 2. The molecule has 7 unspecified atom stereocenters. The quantitative estimate of drug-likeness (QED) is 0.316. The van der Waals surface area contributed by atoms with Gasteiger partial charge >= 0.3 is 5.97 Å². The summed E-state index contributed by atoms with van der Waals surface area (Å²) in [5.41, 5.74) is 3.51. The van der Waals surface area contributed by atoms with Gasteiger partial charge in [0.25, 0.3) is 0 Å². The number of hydrogen-bond acceptors (Lipinski definition) is 7. The zero-order chi connectivity index (χ0) is 27.2. The number of carbonyl (C=O) groups is 1. The molecule has 0 aliphatic carbocycles. The summed E-state index contributed by atoms with van der Waals surface area (Å²) in [6.45, 7) is 11.1. The lowest BCUT2D eigenvalue weighted by molar-refractivity contribution is -0.148. The van der Waals surface area contributed by atoms with Gasteiger partial charge in [0.1, 0.15) is 18.3 Å². The molecule has 1 saturated heterocycles. The van der Waals surface area contributed by atoms with Gasteiger partial charge in [0.15, 0.2) is 0 Å². The van der Waals surface area contributed by atoms with Crippen molar-refractivity contribution in [1.29, 1.82) is 0 Å². The summed E-state index contributed by atoms with van der Waals surface area (Å²) in [6.07, 6.45) is 12.2. The van der Waals surface area contributed by atoms with Crippen LogP contribution in [0.25, 0.3) is 0 Å². The van der Waals surface area contributed by atoms with E-state index in [1.54, 1.807) is 12.2 Å². The van der Waals surface area contributed by atoms with Gasteiger partial charge in [-0.15, -0.1) is 0 Å². The Morgan fingerprint density at radius 3 is 2.68 bits per heavy atom. The van der Waals surface area contributed by atoms with E-state index in [1.807, 2.05) is 12.2 Å². The summed E-state index contributed by atoms with van der Waals surface area (Å²) in [7, 11) is 0. The summed E-state index contributed by atoms with van der Waals surface area (Å²) in [5, 5.41) is 21.7. The summed E-state index contributed by atoms with van der Waals surface area (Å²) in [5.74, 6) is -0.141. The molecule has 1 fully saturated rings. The Morgan fingerprint density at radius 2 is 1.89 bits per heavy atom. The first-order valence-electron chi connectivity index (χ1n) is 14.0. The summed E-state index contributed by atoms with van der Waals surface area (Å²) < 4.78 is 23.5. The molecule has 0 radical (unpaired) electrons. The van der Waals surface area contributed by atoms with E-state index in [2.05, 4.69) is 33.4 Å². The molecule has 7 nitrogen and oxygen atoms in total. The Labute approximate surface area is 226 Å². The first-order valence-corrected chi connectivity index (χ1v) is 14.0. The van der Waals surface area contributed by atoms with Gasteiger partial charge in [-0.1, -0.05) is 55.0 Å². The van der Waals surface area contributed by atoms with Gasteiger partial charge in [0.05, 0.1) is 37.1 Å². The fraction of sp³-hybridized carbons (Fsp3) is 0.645. The Balaban J connectivity index is 1.44. The van der Waals surface area contributed by atoms with E-state index in [4.69, 9.17) is 18.9 Å². The molecule has 210 valence electrons. The number of esters is 1. The second kappa shape index (κ2) is 13.4. The molecule has 4 aliphatic rings. The topological polar surface area (TPSA) is 97.8 Å². The molecule has 0 saturated carbocycles. The first kappa shape index (κ1) is 29.0. The third kappa shape index (κ3) is 8.48. The Hall–Kier alpha value is -2.03. The van der Waals surface area contributed by atoms with Crippen LogP contribution in [0.5, 0.6) is 0 Å². The van der Waals surface area contributed by atoms with Crippen molar-refractivity contribution in [2.75, 3.05) is 6.61 Å². The lowest BCUT2D eigenvalue weighted by atomic mass is 9.91. The average Bonchev–Trinajstić information content (AvgIpc) is 3.63. The minimum absolute atomic E-state index is 0.0875. The van der Waals surface area contributed by atoms with Crippen LogP contribution in [0.1, 0.15) is 65.7 Å². The van der Waals surface area contributed by atoms with Crippen LogP contribution in [0.4, 0.5) is 0 Å². The summed E-state index contributed by atoms with van der Waals surface area (Å²) in [4.78, 5) is 12.7. The van der Waals surface area contributed by atoms with E-state index >= 15 is 0 Å². The maximum atomic E-state index is 12.7. The Kier molecular flexibility index (Phi) is 10.2. The maximum Gasteiger partial charge on any atom is 0.330 e. The average molecular weight is 529 g/mol. The van der Waals surface area contributed by atoms with E-state index in [1.165, 1.54) is 17.2 Å². The fourth-order valence-electron chi connectivity index (χ4n) is 5.57. The normalized spacial score (nSPS) is 39.2. The van der Waals surface area contributed by atoms with Crippen molar-refractivity contribution in [3.63, 3.8) is 0 Å². The minimum Gasteiger partial charge on any atom is -0.456 e. The molecule has 0 amide bonds. The predicted molar refractivity (Wildman–Crippen MR) is 145 cm³/mol. The zero-order valence-corrected chi connectivity index (χ0v) is 23.0. The van der Waals surface area contributed by atoms with Crippen LogP contribution in [-0.2, 0) is 23.7 Å².